The van der Waals surface area contributed by atoms with Crippen LogP contribution in [0.5, 0.6) is 5.75 Å². The summed E-state index contributed by atoms with van der Waals surface area (Å²) in [5.41, 5.74) is -2.25. The minimum absolute atomic E-state index is 0.000723. The fourth-order valence-corrected chi connectivity index (χ4v) is 4.31. The maximum absolute atomic E-state index is 13.8. The van der Waals surface area contributed by atoms with Gasteiger partial charge in [-0.2, -0.15) is 0 Å². The van der Waals surface area contributed by atoms with Crippen molar-refractivity contribution in [2.75, 3.05) is 27.3 Å². The number of benzene rings is 1. The maximum atomic E-state index is 13.8. The van der Waals surface area contributed by atoms with Crippen LogP contribution in [0.25, 0.3) is 0 Å². The van der Waals surface area contributed by atoms with E-state index in [1.807, 2.05) is 20.0 Å². The number of hydrogen-bond donors (Lipinski definition) is 3. The molecule has 0 unspecified atom stereocenters. The standard InChI is InChI=1S/C33H50N2O7/c1-8-10-23-41-26-19-17-25(18-20-26)24-28(30(37)40-7)35-29(36)27(16-14-12-11-13-15-22-34-6)33(39,21-9-2)31(38)42-32(3,4)5/h14,16-20,27-28,34,39H,9,11-13,15,21-24H2,1-7H3,(H,35,36)/b16-14+/t27-,28+,33+/m1/s1. The van der Waals surface area contributed by atoms with E-state index in [1.54, 1.807) is 58.0 Å². The molecule has 1 amide bonds. The predicted molar refractivity (Wildman–Crippen MR) is 164 cm³/mol. The van der Waals surface area contributed by atoms with Crippen LogP contribution in [0.15, 0.2) is 36.4 Å². The van der Waals surface area contributed by atoms with Crippen molar-refractivity contribution in [1.29, 1.82) is 0 Å². The largest absolute Gasteiger partial charge is 0.481 e. The molecule has 1 rings (SSSR count). The van der Waals surface area contributed by atoms with Crippen molar-refractivity contribution in [3.05, 3.63) is 42.0 Å². The van der Waals surface area contributed by atoms with Crippen molar-refractivity contribution in [3.63, 3.8) is 0 Å². The van der Waals surface area contributed by atoms with E-state index in [9.17, 15) is 19.5 Å². The molecule has 0 spiro atoms. The van der Waals surface area contributed by atoms with E-state index >= 15 is 0 Å². The SMILES string of the molecule is CC#CCOc1ccc(C[C@H](NC(=O)[C@@H](/C=C/CCCCCNC)[C@@](O)(CCC)C(=O)OC(C)(C)C)C(=O)OC)cc1. The van der Waals surface area contributed by atoms with E-state index in [0.717, 1.165) is 31.4 Å². The molecule has 42 heavy (non-hydrogen) atoms. The second kappa shape index (κ2) is 19.0. The summed E-state index contributed by atoms with van der Waals surface area (Å²) >= 11 is 0. The maximum Gasteiger partial charge on any atom is 0.339 e. The minimum atomic E-state index is -2.13. The number of hydrogen-bond acceptors (Lipinski definition) is 8. The van der Waals surface area contributed by atoms with E-state index in [2.05, 4.69) is 22.5 Å². The van der Waals surface area contributed by atoms with Crippen LogP contribution in [0.4, 0.5) is 0 Å². The number of ether oxygens (including phenoxy) is 3. The van der Waals surface area contributed by atoms with Crippen molar-refractivity contribution < 1.29 is 33.7 Å². The highest BCUT2D eigenvalue weighted by Gasteiger charge is 2.48. The molecule has 0 aromatic heterocycles. The van der Waals surface area contributed by atoms with Crippen LogP contribution in [-0.2, 0) is 30.3 Å². The molecule has 234 valence electrons. The van der Waals surface area contributed by atoms with E-state index in [0.29, 0.717) is 18.6 Å². The molecule has 3 N–H and O–H groups in total. The molecule has 0 saturated heterocycles. The van der Waals surface area contributed by atoms with Crippen molar-refractivity contribution in [2.45, 2.75) is 96.8 Å². The summed E-state index contributed by atoms with van der Waals surface area (Å²) in [6, 6.07) is 6.04. The number of allylic oxidation sites excluding steroid dienone is 1. The lowest BCUT2D eigenvalue weighted by Gasteiger charge is -2.34. The first kappa shape index (κ1) is 36.7. The molecule has 0 aliphatic heterocycles. The second-order valence-electron chi connectivity index (χ2n) is 11.2. The van der Waals surface area contributed by atoms with Crippen molar-refractivity contribution >= 4 is 17.8 Å². The fourth-order valence-electron chi connectivity index (χ4n) is 4.31. The smallest absolute Gasteiger partial charge is 0.339 e. The zero-order valence-electron chi connectivity index (χ0n) is 26.4. The van der Waals surface area contributed by atoms with Crippen LogP contribution in [0.2, 0.25) is 0 Å². The Morgan fingerprint density at radius 3 is 2.36 bits per heavy atom. The molecule has 0 aliphatic carbocycles. The summed E-state index contributed by atoms with van der Waals surface area (Å²) in [6.45, 7) is 9.84. The number of nitrogens with one attached hydrogen (secondary N) is 2. The van der Waals surface area contributed by atoms with E-state index in [4.69, 9.17) is 14.2 Å². The van der Waals surface area contributed by atoms with Gasteiger partial charge in [-0.25, -0.2) is 9.59 Å². The number of carbonyl (C=O) groups is 3. The molecule has 0 fully saturated rings. The topological polar surface area (TPSA) is 123 Å². The van der Waals surface area contributed by atoms with Crippen molar-refractivity contribution in [2.24, 2.45) is 5.92 Å². The number of methoxy groups -OCH3 is 1. The van der Waals surface area contributed by atoms with E-state index < -0.39 is 41.0 Å². The molecule has 0 radical (unpaired) electrons. The molecular formula is C33H50N2O7. The van der Waals surface area contributed by atoms with E-state index in [1.165, 1.54) is 7.11 Å². The van der Waals surface area contributed by atoms with Gasteiger partial charge in [0.05, 0.1) is 13.0 Å². The quantitative estimate of drug-likeness (QED) is 0.102. The highest BCUT2D eigenvalue weighted by molar-refractivity contribution is 5.93. The minimum Gasteiger partial charge on any atom is -0.481 e. The van der Waals surface area contributed by atoms with Gasteiger partial charge in [0.15, 0.2) is 5.60 Å². The molecule has 0 bridgehead atoms. The Kier molecular flexibility index (Phi) is 16.6. The van der Waals surface area contributed by atoms with Gasteiger partial charge in [0.2, 0.25) is 5.91 Å². The average molecular weight is 587 g/mol. The van der Waals surface area contributed by atoms with Crippen molar-refractivity contribution in [1.82, 2.24) is 10.6 Å². The zero-order chi connectivity index (χ0) is 31.6. The molecule has 1 aromatic rings. The number of unbranched alkanes of at least 4 members (excludes halogenated alkanes) is 3. The third-order valence-corrected chi connectivity index (χ3v) is 6.46. The summed E-state index contributed by atoms with van der Waals surface area (Å²) in [5, 5.41) is 17.6. The van der Waals surface area contributed by atoms with Gasteiger partial charge >= 0.3 is 11.9 Å². The van der Waals surface area contributed by atoms with Crippen LogP contribution in [-0.4, -0.2) is 67.5 Å². The van der Waals surface area contributed by atoms with Crippen LogP contribution < -0.4 is 15.4 Å². The molecule has 0 heterocycles. The second-order valence-corrected chi connectivity index (χ2v) is 11.2. The lowest BCUT2D eigenvalue weighted by atomic mass is 9.81. The van der Waals surface area contributed by atoms with Gasteiger partial charge in [0, 0.05) is 6.42 Å². The van der Waals surface area contributed by atoms with Gasteiger partial charge in [0.25, 0.3) is 0 Å². The Hall–Kier alpha value is -3.35. The van der Waals surface area contributed by atoms with Crippen LogP contribution in [0, 0.1) is 17.8 Å². The highest BCUT2D eigenvalue weighted by atomic mass is 16.6. The Morgan fingerprint density at radius 1 is 1.10 bits per heavy atom. The van der Waals surface area contributed by atoms with Gasteiger partial charge in [-0.3, -0.25) is 4.79 Å². The Morgan fingerprint density at radius 2 is 1.79 bits per heavy atom. The number of rotatable bonds is 18. The Labute approximate surface area is 251 Å². The first-order chi connectivity index (χ1) is 19.9. The van der Waals surface area contributed by atoms with Crippen LogP contribution in [0.1, 0.15) is 78.7 Å². The van der Waals surface area contributed by atoms with Gasteiger partial charge < -0.3 is 30.0 Å². The number of amides is 1. The summed E-state index contributed by atoms with van der Waals surface area (Å²) in [5.74, 6) is 2.73. The molecule has 0 aliphatic rings. The first-order valence-corrected chi connectivity index (χ1v) is 14.7. The first-order valence-electron chi connectivity index (χ1n) is 14.7. The monoisotopic (exact) mass is 586 g/mol. The average Bonchev–Trinajstić information content (AvgIpc) is 2.93. The van der Waals surface area contributed by atoms with Gasteiger partial charge in [-0.05, 0) is 84.7 Å². The number of aliphatic hydroxyl groups is 1. The molecule has 9 heteroatoms. The number of carbonyl (C=O) groups excluding carboxylic acids is 3. The Balaban J connectivity index is 3.26. The fraction of sp³-hybridized carbons (Fsp3) is 0.606. The third kappa shape index (κ3) is 13.1. The van der Waals surface area contributed by atoms with E-state index in [-0.39, 0.29) is 19.4 Å². The number of esters is 2. The van der Waals surface area contributed by atoms with Gasteiger partial charge in [-0.15, -0.1) is 5.92 Å². The summed E-state index contributed by atoms with van der Waals surface area (Å²) in [6.07, 6.45) is 7.50. The summed E-state index contributed by atoms with van der Waals surface area (Å²) < 4.78 is 16.1. The summed E-state index contributed by atoms with van der Waals surface area (Å²) in [4.78, 5) is 39.8. The van der Waals surface area contributed by atoms with Gasteiger partial charge in [0.1, 0.15) is 24.0 Å². The molecule has 0 saturated carbocycles. The molecule has 9 nitrogen and oxygen atoms in total. The molecular weight excluding hydrogens is 536 g/mol. The lowest BCUT2D eigenvalue weighted by molar-refractivity contribution is -0.184. The molecule has 1 aromatic carbocycles. The zero-order valence-corrected chi connectivity index (χ0v) is 26.4. The van der Waals surface area contributed by atoms with Crippen molar-refractivity contribution in [3.8, 4) is 17.6 Å². The summed E-state index contributed by atoms with van der Waals surface area (Å²) in [7, 11) is 3.15. The van der Waals surface area contributed by atoms with Crippen LogP contribution >= 0.6 is 0 Å². The Bertz CT molecular complexity index is 1070. The lowest BCUT2D eigenvalue weighted by Crippen LogP contribution is -2.56. The predicted octanol–water partition coefficient (Wildman–Crippen LogP) is 4.11. The van der Waals surface area contributed by atoms with Crippen LogP contribution in [0.3, 0.4) is 0 Å². The van der Waals surface area contributed by atoms with Gasteiger partial charge in [-0.1, -0.05) is 50.0 Å². The molecule has 3 atom stereocenters. The third-order valence-electron chi connectivity index (χ3n) is 6.46. The normalized spacial score (nSPS) is 14.2. The highest BCUT2D eigenvalue weighted by Crippen LogP contribution is 2.30.